The van der Waals surface area contributed by atoms with Crippen molar-refractivity contribution in [1.82, 2.24) is 0 Å². The number of carbonyl (C=O) groups is 1. The molecule has 126 valence electrons. The van der Waals surface area contributed by atoms with Crippen molar-refractivity contribution in [3.8, 4) is 0 Å². The Morgan fingerprint density at radius 3 is 1.33 bits per heavy atom. The van der Waals surface area contributed by atoms with E-state index in [1.54, 1.807) is 0 Å². The van der Waals surface area contributed by atoms with Crippen molar-refractivity contribution in [1.29, 1.82) is 0 Å². The van der Waals surface area contributed by atoms with Crippen LogP contribution in [0.25, 0.3) is 0 Å². The molecular formula is C13H25FO7. The number of alkyl halides is 1. The molecule has 0 aliphatic heterocycles. The molecule has 0 aromatic rings. The van der Waals surface area contributed by atoms with E-state index in [9.17, 15) is 9.18 Å². The van der Waals surface area contributed by atoms with Gasteiger partial charge in [-0.25, -0.2) is 4.39 Å². The first-order chi connectivity index (χ1) is 10.3. The normalized spacial score (nSPS) is 10.9. The molecule has 0 amide bonds. The van der Waals surface area contributed by atoms with Crippen LogP contribution in [0.1, 0.15) is 6.42 Å². The average molecular weight is 312 g/mol. The van der Waals surface area contributed by atoms with Gasteiger partial charge in [0.15, 0.2) is 0 Å². The van der Waals surface area contributed by atoms with Crippen molar-refractivity contribution in [2.45, 2.75) is 6.42 Å². The predicted molar refractivity (Wildman–Crippen MR) is 72.3 cm³/mol. The lowest BCUT2D eigenvalue weighted by atomic mass is 10.5. The molecule has 0 saturated carbocycles. The van der Waals surface area contributed by atoms with Crippen molar-refractivity contribution >= 4 is 5.97 Å². The maximum Gasteiger partial charge on any atom is 0.305 e. The smallest absolute Gasteiger partial charge is 0.305 e. The van der Waals surface area contributed by atoms with Gasteiger partial charge in [0.2, 0.25) is 0 Å². The number of halogens is 1. The van der Waals surface area contributed by atoms with Gasteiger partial charge < -0.3 is 28.8 Å². The van der Waals surface area contributed by atoms with E-state index in [-0.39, 0.29) is 19.6 Å². The summed E-state index contributed by atoms with van der Waals surface area (Å²) in [4.78, 5) is 10.2. The largest absolute Gasteiger partial charge is 0.481 e. The van der Waals surface area contributed by atoms with Gasteiger partial charge in [-0.3, -0.25) is 4.79 Å². The number of aliphatic carboxylic acids is 1. The lowest BCUT2D eigenvalue weighted by molar-refractivity contribution is -0.138. The highest BCUT2D eigenvalue weighted by Gasteiger charge is 1.96. The Balaban J connectivity index is 2.95. The number of ether oxygens (including phenoxy) is 5. The zero-order valence-corrected chi connectivity index (χ0v) is 12.3. The Morgan fingerprint density at radius 2 is 1.00 bits per heavy atom. The maximum atomic E-state index is 11.7. The van der Waals surface area contributed by atoms with Gasteiger partial charge in [0.05, 0.1) is 72.5 Å². The van der Waals surface area contributed by atoms with Gasteiger partial charge >= 0.3 is 5.97 Å². The van der Waals surface area contributed by atoms with Gasteiger partial charge in [0, 0.05) is 0 Å². The highest BCUT2D eigenvalue weighted by molar-refractivity contribution is 5.66. The van der Waals surface area contributed by atoms with E-state index in [0.29, 0.717) is 52.9 Å². The molecule has 0 rings (SSSR count). The molecule has 0 saturated heterocycles. The van der Waals surface area contributed by atoms with E-state index < -0.39 is 12.6 Å². The molecular weight excluding hydrogens is 287 g/mol. The zero-order valence-electron chi connectivity index (χ0n) is 12.3. The van der Waals surface area contributed by atoms with Gasteiger partial charge in [-0.2, -0.15) is 0 Å². The molecule has 0 atom stereocenters. The molecule has 0 fully saturated rings. The van der Waals surface area contributed by atoms with Gasteiger partial charge in [0.25, 0.3) is 0 Å². The molecule has 0 bridgehead atoms. The Labute approximate surface area is 124 Å². The Kier molecular flexibility index (Phi) is 16.6. The van der Waals surface area contributed by atoms with Crippen LogP contribution in [-0.4, -0.2) is 83.8 Å². The third kappa shape index (κ3) is 19.2. The molecule has 0 spiro atoms. The molecule has 0 aliphatic rings. The lowest BCUT2D eigenvalue weighted by Crippen LogP contribution is -2.13. The van der Waals surface area contributed by atoms with E-state index in [0.717, 1.165) is 0 Å². The highest BCUT2D eigenvalue weighted by atomic mass is 19.1. The van der Waals surface area contributed by atoms with Gasteiger partial charge in [-0.05, 0) is 0 Å². The summed E-state index contributed by atoms with van der Waals surface area (Å²) >= 11 is 0. The van der Waals surface area contributed by atoms with Crippen molar-refractivity contribution in [2.24, 2.45) is 0 Å². The first kappa shape index (κ1) is 20.2. The Bertz CT molecular complexity index is 229. The number of hydrogen-bond acceptors (Lipinski definition) is 6. The van der Waals surface area contributed by atoms with E-state index in [1.165, 1.54) is 0 Å². The standard InChI is InChI=1S/C13H25FO7/c14-2-4-18-6-8-20-10-12-21-11-9-19-7-5-17-3-1-13(15)16/h1-12H2,(H,15,16). The van der Waals surface area contributed by atoms with Crippen molar-refractivity contribution in [3.05, 3.63) is 0 Å². The Morgan fingerprint density at radius 1 is 0.667 bits per heavy atom. The molecule has 0 aliphatic carbocycles. The third-order valence-corrected chi connectivity index (χ3v) is 2.17. The SMILES string of the molecule is O=C(O)CCOCCOCCOCCOCCOCCF. The molecule has 0 unspecified atom stereocenters. The van der Waals surface area contributed by atoms with Crippen LogP contribution < -0.4 is 0 Å². The van der Waals surface area contributed by atoms with Crippen molar-refractivity contribution in [2.75, 3.05) is 72.7 Å². The lowest BCUT2D eigenvalue weighted by Gasteiger charge is -2.07. The second-order valence-electron chi connectivity index (χ2n) is 3.89. The molecule has 0 aromatic carbocycles. The second kappa shape index (κ2) is 17.3. The summed E-state index contributed by atoms with van der Waals surface area (Å²) in [5.74, 6) is -0.875. The molecule has 7 nitrogen and oxygen atoms in total. The van der Waals surface area contributed by atoms with Crippen molar-refractivity contribution in [3.63, 3.8) is 0 Å². The molecule has 1 N–H and O–H groups in total. The molecule has 0 aromatic heterocycles. The molecule has 0 radical (unpaired) electrons. The predicted octanol–water partition coefficient (Wildman–Crippen LogP) is 0.514. The first-order valence-corrected chi connectivity index (χ1v) is 6.94. The summed E-state index contributed by atoms with van der Waals surface area (Å²) in [6.07, 6.45) is 0.00191. The maximum absolute atomic E-state index is 11.7. The van der Waals surface area contributed by atoms with Crippen LogP contribution in [0.15, 0.2) is 0 Å². The summed E-state index contributed by atoms with van der Waals surface area (Å²) < 4.78 is 37.3. The highest BCUT2D eigenvalue weighted by Crippen LogP contribution is 1.85. The third-order valence-electron chi connectivity index (χ3n) is 2.17. The van der Waals surface area contributed by atoms with Crippen LogP contribution in [0.5, 0.6) is 0 Å². The van der Waals surface area contributed by atoms with Gasteiger partial charge in [-0.15, -0.1) is 0 Å². The van der Waals surface area contributed by atoms with Gasteiger partial charge in [0.1, 0.15) is 6.67 Å². The minimum atomic E-state index is -0.875. The quantitative estimate of drug-likeness (QED) is 0.392. The molecule has 0 heterocycles. The van der Waals surface area contributed by atoms with Crippen LogP contribution in [-0.2, 0) is 28.5 Å². The summed E-state index contributed by atoms with van der Waals surface area (Å²) in [6, 6.07) is 0. The minimum Gasteiger partial charge on any atom is -0.481 e. The minimum absolute atomic E-state index is 0.00191. The van der Waals surface area contributed by atoms with Crippen molar-refractivity contribution < 1.29 is 38.0 Å². The number of hydrogen-bond donors (Lipinski definition) is 1. The fraction of sp³-hybridized carbons (Fsp3) is 0.923. The van der Waals surface area contributed by atoms with Crippen LogP contribution in [0.2, 0.25) is 0 Å². The average Bonchev–Trinajstić information content (AvgIpc) is 2.46. The fourth-order valence-corrected chi connectivity index (χ4v) is 1.20. The summed E-state index contributed by atoms with van der Waals surface area (Å²) in [5.41, 5.74) is 0. The monoisotopic (exact) mass is 312 g/mol. The number of carboxylic acid groups (broad SMARTS) is 1. The second-order valence-corrected chi connectivity index (χ2v) is 3.89. The van der Waals surface area contributed by atoms with Gasteiger partial charge in [-0.1, -0.05) is 0 Å². The number of rotatable bonds is 17. The van der Waals surface area contributed by atoms with Crippen LogP contribution in [0, 0.1) is 0 Å². The van der Waals surface area contributed by atoms with E-state index >= 15 is 0 Å². The first-order valence-electron chi connectivity index (χ1n) is 6.94. The summed E-state index contributed by atoms with van der Waals surface area (Å²) in [6.45, 7) is 3.23. The van der Waals surface area contributed by atoms with Crippen LogP contribution in [0.3, 0.4) is 0 Å². The fourth-order valence-electron chi connectivity index (χ4n) is 1.20. The van der Waals surface area contributed by atoms with Crippen LogP contribution >= 0.6 is 0 Å². The van der Waals surface area contributed by atoms with E-state index in [4.69, 9.17) is 28.8 Å². The molecule has 8 heteroatoms. The number of carboxylic acids is 1. The Hall–Kier alpha value is -0.800. The summed E-state index contributed by atoms with van der Waals surface area (Å²) in [5, 5.41) is 8.37. The zero-order chi connectivity index (χ0) is 15.6. The van der Waals surface area contributed by atoms with E-state index in [2.05, 4.69) is 0 Å². The van der Waals surface area contributed by atoms with E-state index in [1.807, 2.05) is 0 Å². The van der Waals surface area contributed by atoms with Crippen LogP contribution in [0.4, 0.5) is 4.39 Å². The summed E-state index contributed by atoms with van der Waals surface area (Å²) in [7, 11) is 0. The topological polar surface area (TPSA) is 83.5 Å². The molecule has 21 heavy (non-hydrogen) atoms.